The molecule has 1 N–H and O–H groups in total. The van der Waals surface area contributed by atoms with Crippen molar-refractivity contribution in [3.05, 3.63) is 69.8 Å². The van der Waals surface area contributed by atoms with Crippen LogP contribution in [0.1, 0.15) is 10.4 Å². The van der Waals surface area contributed by atoms with Gasteiger partial charge in [0.15, 0.2) is 0 Å². The predicted octanol–water partition coefficient (Wildman–Crippen LogP) is 3.10. The molecule has 3 atom stereocenters. The number of pyridine rings is 1. The largest absolute Gasteiger partial charge is 0.385 e. The molecule has 2 aromatic carbocycles. The third-order valence-corrected chi connectivity index (χ3v) is 6.40. The Hall–Kier alpha value is -3.40. The van der Waals surface area contributed by atoms with Crippen molar-refractivity contribution in [3.8, 4) is 5.69 Å². The Balaban J connectivity index is 1.72. The molecule has 32 heavy (non-hydrogen) atoms. The average molecular weight is 447 g/mol. The van der Waals surface area contributed by atoms with Crippen LogP contribution in [0.4, 0.5) is 23.4 Å². The van der Waals surface area contributed by atoms with E-state index in [4.69, 9.17) is 0 Å². The summed E-state index contributed by atoms with van der Waals surface area (Å²) in [6.07, 6.45) is 0.906. The quantitative estimate of drug-likeness (QED) is 0.623. The topological polar surface area (TPSA) is 63.6 Å². The Morgan fingerprint density at radius 2 is 1.75 bits per heavy atom. The van der Waals surface area contributed by atoms with E-state index in [1.165, 1.54) is 6.07 Å². The summed E-state index contributed by atoms with van der Waals surface area (Å²) in [4.78, 5) is 29.6. The smallest absolute Gasteiger partial charge is 0.368 e. The molecule has 0 amide bonds. The number of carbonyl (C=O) groups excluding carboxylic acids is 1. The molecule has 166 valence electrons. The van der Waals surface area contributed by atoms with Gasteiger partial charge in [0.25, 0.3) is 0 Å². The monoisotopic (exact) mass is 447 g/mol. The third kappa shape index (κ3) is 3.05. The number of fused-ring (bicyclic) bond motifs is 2. The molecule has 0 spiro atoms. The third-order valence-electron chi connectivity index (χ3n) is 6.40. The molecule has 2 fully saturated rings. The van der Waals surface area contributed by atoms with Crippen molar-refractivity contribution in [1.29, 1.82) is 0 Å². The first-order valence-electron chi connectivity index (χ1n) is 9.93. The number of anilines is 1. The van der Waals surface area contributed by atoms with Gasteiger partial charge in [0.05, 0.1) is 16.9 Å². The van der Waals surface area contributed by atoms with E-state index in [1.807, 2.05) is 11.9 Å². The molecule has 0 unspecified atom stereocenters. The van der Waals surface area contributed by atoms with Crippen molar-refractivity contribution < 1.29 is 27.4 Å². The van der Waals surface area contributed by atoms with E-state index in [0.717, 1.165) is 29.0 Å². The summed E-state index contributed by atoms with van der Waals surface area (Å²) < 4.78 is 56.7. The van der Waals surface area contributed by atoms with Gasteiger partial charge >= 0.3 is 5.97 Å². The van der Waals surface area contributed by atoms with Gasteiger partial charge in [-0.15, -0.1) is 0 Å². The number of aromatic nitrogens is 1. The summed E-state index contributed by atoms with van der Waals surface area (Å²) in [5.41, 5.74) is -1.63. The Morgan fingerprint density at radius 1 is 1.06 bits per heavy atom. The summed E-state index contributed by atoms with van der Waals surface area (Å²) >= 11 is 0. The second-order valence-electron chi connectivity index (χ2n) is 8.07. The van der Waals surface area contributed by atoms with Crippen LogP contribution in [-0.4, -0.2) is 36.7 Å². The highest BCUT2D eigenvalue weighted by molar-refractivity contribution is 5.95. The Labute approximate surface area is 178 Å². The molecular formula is C22H17F4N3O3. The number of nitrogens with zero attached hydrogens (tertiary/aromatic N) is 2. The van der Waals surface area contributed by atoms with Crippen LogP contribution in [0.3, 0.4) is 0 Å². The first-order chi connectivity index (χ1) is 15.3. The molecule has 1 aliphatic carbocycles. The zero-order valence-corrected chi connectivity index (χ0v) is 16.7. The Kier molecular flexibility index (Phi) is 4.70. The number of benzene rings is 2. The lowest BCUT2D eigenvalue weighted by atomic mass is 10.1. The number of hydrogen-bond acceptors (Lipinski definition) is 5. The van der Waals surface area contributed by atoms with E-state index >= 15 is 4.39 Å². The first-order valence-corrected chi connectivity index (χ1v) is 9.93. The van der Waals surface area contributed by atoms with Crippen molar-refractivity contribution in [2.75, 3.05) is 25.0 Å². The van der Waals surface area contributed by atoms with Gasteiger partial charge < -0.3 is 14.8 Å². The second kappa shape index (κ2) is 7.33. The summed E-state index contributed by atoms with van der Waals surface area (Å²) in [6.45, 7) is 1.22. The van der Waals surface area contributed by atoms with Gasteiger partial charge in [-0.25, -0.2) is 22.9 Å². The maximum Gasteiger partial charge on any atom is 0.385 e. The van der Waals surface area contributed by atoms with Crippen LogP contribution in [0.5, 0.6) is 0 Å². The van der Waals surface area contributed by atoms with Crippen LogP contribution in [0.2, 0.25) is 0 Å². The van der Waals surface area contributed by atoms with Crippen LogP contribution in [0, 0.1) is 29.3 Å². The van der Waals surface area contributed by atoms with E-state index in [0.29, 0.717) is 37.0 Å². The van der Waals surface area contributed by atoms with Crippen molar-refractivity contribution in [2.24, 2.45) is 11.8 Å². The highest BCUT2D eigenvalue weighted by Crippen LogP contribution is 2.47. The molecule has 1 aromatic heterocycles. The number of halogens is 4. The zero-order chi connectivity index (χ0) is 22.7. The minimum absolute atomic E-state index is 0.0815. The Bertz CT molecular complexity index is 1310. The van der Waals surface area contributed by atoms with Crippen LogP contribution >= 0.6 is 0 Å². The second-order valence-corrected chi connectivity index (χ2v) is 8.07. The fourth-order valence-electron chi connectivity index (χ4n) is 4.79. The standard InChI is InChI=1S/C22H17F4N3O3/c1-27-20-12-7-28(8-13(12)20)19-6-18-11(5-16(19)25)21(30)14(22(31)32-26)9-29(18)17-3-2-10(23)4-15(17)24/h2-6,9,12-13,20,27H,7-8H2,1H3/t12-,13+,20+. The molecule has 5 rings (SSSR count). The lowest BCUT2D eigenvalue weighted by Crippen LogP contribution is -2.30. The van der Waals surface area contributed by atoms with E-state index in [9.17, 15) is 22.9 Å². The number of hydrogen-bond donors (Lipinski definition) is 1. The van der Waals surface area contributed by atoms with E-state index in [2.05, 4.69) is 10.3 Å². The van der Waals surface area contributed by atoms with E-state index < -0.39 is 34.4 Å². The molecular weight excluding hydrogens is 430 g/mol. The molecule has 1 aliphatic heterocycles. The van der Waals surface area contributed by atoms with Gasteiger partial charge in [-0.05, 0) is 43.1 Å². The van der Waals surface area contributed by atoms with Crippen LogP contribution < -0.4 is 15.6 Å². The summed E-state index contributed by atoms with van der Waals surface area (Å²) in [7, 11) is 1.87. The number of piperidine rings is 1. The van der Waals surface area contributed by atoms with Gasteiger partial charge in [0.2, 0.25) is 5.43 Å². The predicted molar refractivity (Wildman–Crippen MR) is 108 cm³/mol. The van der Waals surface area contributed by atoms with Crippen molar-refractivity contribution >= 4 is 22.6 Å². The van der Waals surface area contributed by atoms with Gasteiger partial charge in [0, 0.05) is 41.3 Å². The molecule has 10 heteroatoms. The highest BCUT2D eigenvalue weighted by Gasteiger charge is 2.55. The minimum Gasteiger partial charge on any atom is -0.368 e. The lowest BCUT2D eigenvalue weighted by molar-refractivity contribution is -0.0789. The van der Waals surface area contributed by atoms with Crippen molar-refractivity contribution in [2.45, 2.75) is 6.04 Å². The molecule has 3 aromatic rings. The normalized spacial score (nSPS) is 21.7. The van der Waals surface area contributed by atoms with Gasteiger partial charge in [-0.1, -0.05) is 0 Å². The summed E-state index contributed by atoms with van der Waals surface area (Å²) in [5, 5.41) is 2.95. The summed E-state index contributed by atoms with van der Waals surface area (Å²) in [5.74, 6) is -3.35. The highest BCUT2D eigenvalue weighted by atomic mass is 19.3. The number of carbonyl (C=O) groups is 1. The van der Waals surface area contributed by atoms with Crippen molar-refractivity contribution in [3.63, 3.8) is 0 Å². The molecule has 0 bridgehead atoms. The van der Waals surface area contributed by atoms with Crippen molar-refractivity contribution in [1.82, 2.24) is 9.88 Å². The summed E-state index contributed by atoms with van der Waals surface area (Å²) in [6, 6.07) is 5.44. The SMILES string of the molecule is CN[C@H]1[C@@H]2CN(c3cc4c(cc3F)c(=O)c(C(=O)OF)cn4-c3ccc(F)cc3F)C[C@@H]21. The number of nitrogens with one attached hydrogen (secondary N) is 1. The van der Waals surface area contributed by atoms with E-state index in [-0.39, 0.29) is 22.3 Å². The fraction of sp³-hybridized carbons (Fsp3) is 0.273. The minimum atomic E-state index is -1.60. The van der Waals surface area contributed by atoms with Crippen LogP contribution in [0.15, 0.2) is 41.3 Å². The molecule has 1 saturated heterocycles. The molecule has 0 radical (unpaired) electrons. The van der Waals surface area contributed by atoms with E-state index in [1.54, 1.807) is 0 Å². The maximum atomic E-state index is 15.0. The average Bonchev–Trinajstić information content (AvgIpc) is 3.24. The van der Waals surface area contributed by atoms with Gasteiger partial charge in [-0.2, -0.15) is 0 Å². The first kappa shape index (κ1) is 20.5. The van der Waals surface area contributed by atoms with Crippen LogP contribution in [-0.2, 0) is 4.94 Å². The molecule has 2 aliphatic rings. The van der Waals surface area contributed by atoms with Gasteiger partial charge in [0.1, 0.15) is 23.0 Å². The lowest BCUT2D eigenvalue weighted by Gasteiger charge is -2.24. The van der Waals surface area contributed by atoms with Crippen LogP contribution in [0.25, 0.3) is 16.6 Å². The fourth-order valence-corrected chi connectivity index (χ4v) is 4.79. The number of rotatable bonds is 4. The molecule has 6 nitrogen and oxygen atoms in total. The molecule has 1 saturated carbocycles. The van der Waals surface area contributed by atoms with Gasteiger partial charge in [-0.3, -0.25) is 4.79 Å². The Morgan fingerprint density at radius 3 is 2.38 bits per heavy atom. The molecule has 2 heterocycles. The zero-order valence-electron chi connectivity index (χ0n) is 16.7. The maximum absolute atomic E-state index is 15.0.